The SMILES string of the molecule is C=C(Cl)/N=C(\N=C(/CC)c1ccccc1)C1=CCc2oc3ccccc3c2C=C1. The van der Waals surface area contributed by atoms with Crippen LogP contribution in [0.5, 0.6) is 0 Å². The number of aliphatic imine (C=N–C) groups is 2. The zero-order chi connectivity index (χ0) is 20.2. The van der Waals surface area contributed by atoms with Gasteiger partial charge in [0.2, 0.25) is 0 Å². The molecule has 1 aliphatic rings. The molecule has 0 unspecified atom stereocenters. The fraction of sp³-hybridized carbons (Fsp3) is 0.120. The summed E-state index contributed by atoms with van der Waals surface area (Å²) in [5, 5.41) is 1.31. The molecule has 4 rings (SSSR count). The Labute approximate surface area is 175 Å². The molecule has 1 heterocycles. The van der Waals surface area contributed by atoms with Crippen LogP contribution in [0.15, 0.2) is 98.5 Å². The number of para-hydroxylation sites is 1. The number of benzene rings is 2. The summed E-state index contributed by atoms with van der Waals surface area (Å²) < 4.78 is 6.04. The Morgan fingerprint density at radius 1 is 1.03 bits per heavy atom. The molecule has 0 N–H and O–H groups in total. The van der Waals surface area contributed by atoms with Crippen LogP contribution in [0.25, 0.3) is 17.0 Å². The second-order valence-corrected chi connectivity index (χ2v) is 7.16. The van der Waals surface area contributed by atoms with Gasteiger partial charge in [-0.15, -0.1) is 0 Å². The number of hydrogen-bond donors (Lipinski definition) is 0. The van der Waals surface area contributed by atoms with Crippen LogP contribution in [0.2, 0.25) is 0 Å². The van der Waals surface area contributed by atoms with Crippen molar-refractivity contribution in [1.29, 1.82) is 0 Å². The van der Waals surface area contributed by atoms with Crippen LogP contribution in [0, 0.1) is 0 Å². The van der Waals surface area contributed by atoms with Crippen molar-refractivity contribution >= 4 is 40.2 Å². The van der Waals surface area contributed by atoms with E-state index in [1.54, 1.807) is 0 Å². The molecule has 3 aromatic rings. The first-order chi connectivity index (χ1) is 14.2. The molecule has 0 amide bonds. The fourth-order valence-corrected chi connectivity index (χ4v) is 3.52. The molecule has 1 aromatic heterocycles. The summed E-state index contributed by atoms with van der Waals surface area (Å²) in [5.41, 5.74) is 4.90. The van der Waals surface area contributed by atoms with Gasteiger partial charge in [0.25, 0.3) is 0 Å². The molecule has 0 spiro atoms. The average Bonchev–Trinajstić information content (AvgIpc) is 2.96. The van der Waals surface area contributed by atoms with Crippen LogP contribution >= 0.6 is 11.6 Å². The van der Waals surface area contributed by atoms with Gasteiger partial charge in [-0.05, 0) is 18.1 Å². The van der Waals surface area contributed by atoms with Gasteiger partial charge in [-0.2, -0.15) is 0 Å². The maximum absolute atomic E-state index is 6.04. The van der Waals surface area contributed by atoms with Crippen LogP contribution in [-0.4, -0.2) is 11.5 Å². The fourth-order valence-electron chi connectivity index (χ4n) is 3.44. The number of halogens is 1. The van der Waals surface area contributed by atoms with Gasteiger partial charge in [-0.1, -0.05) is 91.9 Å². The highest BCUT2D eigenvalue weighted by Crippen LogP contribution is 2.30. The summed E-state index contributed by atoms with van der Waals surface area (Å²) >= 11 is 6.03. The quantitative estimate of drug-likeness (QED) is 0.265. The van der Waals surface area contributed by atoms with Crippen molar-refractivity contribution in [2.45, 2.75) is 19.8 Å². The first kappa shape index (κ1) is 19.2. The zero-order valence-corrected chi connectivity index (χ0v) is 17.0. The summed E-state index contributed by atoms with van der Waals surface area (Å²) in [6.07, 6.45) is 7.60. The Morgan fingerprint density at radius 3 is 2.55 bits per heavy atom. The molecule has 0 atom stereocenters. The Kier molecular flexibility index (Phi) is 5.59. The number of allylic oxidation sites excluding steroid dienone is 1. The lowest BCUT2D eigenvalue weighted by Gasteiger charge is -2.07. The Morgan fingerprint density at radius 2 is 1.79 bits per heavy atom. The molecule has 144 valence electrons. The lowest BCUT2D eigenvalue weighted by molar-refractivity contribution is 0.564. The first-order valence-electron chi connectivity index (χ1n) is 9.61. The Balaban J connectivity index is 1.74. The standard InChI is InChI=1S/C25H21ClN2O/c1-3-22(18-9-5-4-6-10-18)28-25(27-17(2)26)19-13-15-21-20-11-7-8-12-23(20)29-24(21)16-14-19/h4-15H,2-3,16H2,1H3/b27-25-,28-22+. The van der Waals surface area contributed by atoms with E-state index in [0.29, 0.717) is 12.3 Å². The van der Waals surface area contributed by atoms with E-state index < -0.39 is 0 Å². The molecular formula is C25H21ClN2O. The largest absolute Gasteiger partial charge is 0.460 e. The predicted octanol–water partition coefficient (Wildman–Crippen LogP) is 6.94. The van der Waals surface area contributed by atoms with Gasteiger partial charge in [-0.25, -0.2) is 9.98 Å². The van der Waals surface area contributed by atoms with Gasteiger partial charge in [0.1, 0.15) is 16.5 Å². The minimum atomic E-state index is 0.202. The summed E-state index contributed by atoms with van der Waals surface area (Å²) in [6.45, 7) is 5.81. The first-order valence-corrected chi connectivity index (χ1v) is 9.98. The molecule has 1 aliphatic carbocycles. The van der Waals surface area contributed by atoms with Gasteiger partial charge in [-0.3, -0.25) is 0 Å². The van der Waals surface area contributed by atoms with E-state index in [0.717, 1.165) is 45.6 Å². The van der Waals surface area contributed by atoms with Gasteiger partial charge in [0.15, 0.2) is 5.84 Å². The lowest BCUT2D eigenvalue weighted by Crippen LogP contribution is -2.06. The molecule has 0 fully saturated rings. The third kappa shape index (κ3) is 4.15. The number of fused-ring (bicyclic) bond motifs is 3. The van der Waals surface area contributed by atoms with Crippen molar-refractivity contribution < 1.29 is 4.42 Å². The monoisotopic (exact) mass is 400 g/mol. The van der Waals surface area contributed by atoms with Gasteiger partial charge < -0.3 is 4.42 Å². The smallest absolute Gasteiger partial charge is 0.160 e. The molecule has 0 aliphatic heterocycles. The highest BCUT2D eigenvalue weighted by molar-refractivity contribution is 6.30. The van der Waals surface area contributed by atoms with Crippen LogP contribution < -0.4 is 0 Å². The molecule has 0 radical (unpaired) electrons. The highest BCUT2D eigenvalue weighted by Gasteiger charge is 2.16. The molecule has 0 bridgehead atoms. The molecular weight excluding hydrogens is 380 g/mol. The third-order valence-corrected chi connectivity index (χ3v) is 4.90. The summed E-state index contributed by atoms with van der Waals surface area (Å²) in [5.74, 6) is 1.49. The van der Waals surface area contributed by atoms with Crippen molar-refractivity contribution in [1.82, 2.24) is 0 Å². The minimum Gasteiger partial charge on any atom is -0.460 e. The molecule has 0 saturated heterocycles. The van der Waals surface area contributed by atoms with Crippen LogP contribution in [-0.2, 0) is 6.42 Å². The average molecular weight is 401 g/mol. The van der Waals surface area contributed by atoms with Gasteiger partial charge in [0, 0.05) is 28.7 Å². The van der Waals surface area contributed by atoms with Gasteiger partial charge in [0.05, 0.1) is 0 Å². The second-order valence-electron chi connectivity index (χ2n) is 6.72. The van der Waals surface area contributed by atoms with Crippen LogP contribution in [0.1, 0.15) is 30.2 Å². The Bertz CT molecular complexity index is 1180. The van der Waals surface area contributed by atoms with Gasteiger partial charge >= 0.3 is 0 Å². The minimum absolute atomic E-state index is 0.202. The van der Waals surface area contributed by atoms with E-state index in [2.05, 4.69) is 36.7 Å². The van der Waals surface area contributed by atoms with E-state index in [4.69, 9.17) is 21.0 Å². The van der Waals surface area contributed by atoms with Crippen molar-refractivity contribution in [2.75, 3.05) is 0 Å². The number of hydrogen-bond acceptors (Lipinski definition) is 2. The number of amidine groups is 1. The molecule has 29 heavy (non-hydrogen) atoms. The van der Waals surface area contributed by atoms with E-state index in [9.17, 15) is 0 Å². The summed E-state index contributed by atoms with van der Waals surface area (Å²) in [7, 11) is 0. The van der Waals surface area contributed by atoms with Crippen molar-refractivity contribution in [2.24, 2.45) is 9.98 Å². The topological polar surface area (TPSA) is 37.9 Å². The van der Waals surface area contributed by atoms with E-state index in [-0.39, 0.29) is 5.16 Å². The maximum atomic E-state index is 6.04. The normalized spacial score (nSPS) is 14.5. The molecule has 4 heteroatoms. The second kappa shape index (κ2) is 8.46. The van der Waals surface area contributed by atoms with E-state index >= 15 is 0 Å². The highest BCUT2D eigenvalue weighted by atomic mass is 35.5. The summed E-state index contributed by atoms with van der Waals surface area (Å²) in [4.78, 5) is 9.27. The van der Waals surface area contributed by atoms with Crippen LogP contribution in [0.3, 0.4) is 0 Å². The number of rotatable bonds is 4. The molecule has 3 nitrogen and oxygen atoms in total. The zero-order valence-electron chi connectivity index (χ0n) is 16.2. The predicted molar refractivity (Wildman–Crippen MR) is 123 cm³/mol. The van der Waals surface area contributed by atoms with Crippen molar-refractivity contribution in [3.8, 4) is 0 Å². The molecule has 2 aromatic carbocycles. The maximum Gasteiger partial charge on any atom is 0.160 e. The van der Waals surface area contributed by atoms with Crippen molar-refractivity contribution in [3.63, 3.8) is 0 Å². The van der Waals surface area contributed by atoms with E-state index in [1.807, 2.05) is 54.6 Å². The lowest BCUT2D eigenvalue weighted by atomic mass is 10.1. The number of furan rings is 1. The van der Waals surface area contributed by atoms with Crippen molar-refractivity contribution in [3.05, 3.63) is 101 Å². The summed E-state index contributed by atoms with van der Waals surface area (Å²) in [6, 6.07) is 18.2. The third-order valence-electron chi connectivity index (χ3n) is 4.82. The van der Waals surface area contributed by atoms with E-state index in [1.165, 1.54) is 0 Å². The van der Waals surface area contributed by atoms with Crippen LogP contribution in [0.4, 0.5) is 0 Å². The molecule has 0 saturated carbocycles. The Hall–Kier alpha value is -3.17. The number of nitrogens with zero attached hydrogens (tertiary/aromatic N) is 2.